The van der Waals surface area contributed by atoms with E-state index in [1.54, 1.807) is 18.2 Å². The van der Waals surface area contributed by atoms with Gasteiger partial charge in [-0.3, -0.25) is 9.78 Å². The summed E-state index contributed by atoms with van der Waals surface area (Å²) in [5, 5.41) is 30.7. The molecule has 0 unspecified atom stereocenters. The molecule has 0 amide bonds. The van der Waals surface area contributed by atoms with Gasteiger partial charge in [0.25, 0.3) is 0 Å². The molecule has 5 aromatic rings. The summed E-state index contributed by atoms with van der Waals surface area (Å²) in [6.07, 6.45) is 2.22. The van der Waals surface area contributed by atoms with Gasteiger partial charge in [-0.1, -0.05) is 37.2 Å². The van der Waals surface area contributed by atoms with E-state index in [1.165, 1.54) is 10.7 Å². The number of aliphatic hydroxyl groups is 1. The molecule has 4 aromatic heterocycles. The highest BCUT2D eigenvalue weighted by Gasteiger charge is 2.18. The maximum Gasteiger partial charge on any atom is 0.240 e. The van der Waals surface area contributed by atoms with Gasteiger partial charge in [-0.15, -0.1) is 15.3 Å². The van der Waals surface area contributed by atoms with Gasteiger partial charge in [0.05, 0.1) is 5.69 Å². The Hall–Kier alpha value is -4.22. The molecule has 0 saturated carbocycles. The molecule has 1 aromatic carbocycles. The molecule has 4 heterocycles. The molecular formula is C24H25N7O4. The number of nitrogens with one attached hydrogen (secondary N) is 1. The molecule has 0 aliphatic carbocycles. The molecule has 0 bridgehead atoms. The van der Waals surface area contributed by atoms with Crippen molar-refractivity contribution in [3.8, 4) is 17.4 Å². The first-order chi connectivity index (χ1) is 17.0. The predicted molar refractivity (Wildman–Crippen MR) is 128 cm³/mol. The van der Waals surface area contributed by atoms with Crippen LogP contribution in [0.4, 0.5) is 0 Å². The van der Waals surface area contributed by atoms with E-state index in [4.69, 9.17) is 9.26 Å². The zero-order valence-electron chi connectivity index (χ0n) is 19.5. The monoisotopic (exact) mass is 475 g/mol. The topological polar surface area (TPSA) is 141 Å². The van der Waals surface area contributed by atoms with Crippen molar-refractivity contribution in [2.24, 2.45) is 0 Å². The van der Waals surface area contributed by atoms with Gasteiger partial charge in [0, 0.05) is 34.6 Å². The highest BCUT2D eigenvalue weighted by molar-refractivity contribution is 5.96. The van der Waals surface area contributed by atoms with Crippen LogP contribution in [0.1, 0.15) is 35.7 Å². The summed E-state index contributed by atoms with van der Waals surface area (Å²) in [6.45, 7) is 4.11. The number of benzene rings is 1. The molecule has 5 rings (SSSR count). The summed E-state index contributed by atoms with van der Waals surface area (Å²) in [5.41, 5.74) is 2.08. The van der Waals surface area contributed by atoms with Crippen LogP contribution < -0.4 is 10.1 Å². The van der Waals surface area contributed by atoms with Gasteiger partial charge in [-0.05, 0) is 25.2 Å². The molecule has 11 heteroatoms. The van der Waals surface area contributed by atoms with Crippen molar-refractivity contribution in [1.29, 1.82) is 0 Å². The van der Waals surface area contributed by atoms with Crippen molar-refractivity contribution in [2.75, 3.05) is 7.05 Å². The highest BCUT2D eigenvalue weighted by Crippen LogP contribution is 2.29. The molecule has 2 N–H and O–H groups in total. The normalized spacial score (nSPS) is 11.0. The summed E-state index contributed by atoms with van der Waals surface area (Å²) in [4.78, 5) is 15.0. The zero-order chi connectivity index (χ0) is 24.8. The van der Waals surface area contributed by atoms with E-state index in [0.717, 1.165) is 17.1 Å². The van der Waals surface area contributed by atoms with Crippen LogP contribution in [0, 0.1) is 0 Å². The maximum absolute atomic E-state index is 10.8. The summed E-state index contributed by atoms with van der Waals surface area (Å²) in [6, 6.07) is 13.2. The van der Waals surface area contributed by atoms with Gasteiger partial charge in [0.2, 0.25) is 11.7 Å². The summed E-state index contributed by atoms with van der Waals surface area (Å²) >= 11 is 0. The quantitative estimate of drug-likeness (QED) is 0.338. The molecule has 0 spiro atoms. The van der Waals surface area contributed by atoms with Crippen molar-refractivity contribution < 1.29 is 19.2 Å². The van der Waals surface area contributed by atoms with Crippen LogP contribution in [-0.4, -0.2) is 54.4 Å². The van der Waals surface area contributed by atoms with Crippen molar-refractivity contribution in [1.82, 2.24) is 35.3 Å². The van der Waals surface area contributed by atoms with Crippen molar-refractivity contribution >= 4 is 22.7 Å². The Morgan fingerprint density at radius 1 is 1.17 bits per heavy atom. The average molecular weight is 476 g/mol. The molecule has 35 heavy (non-hydrogen) atoms. The Balaban J connectivity index is 0.000000527. The molecule has 0 radical (unpaired) electrons. The zero-order valence-corrected chi connectivity index (χ0v) is 19.5. The number of nitrogens with zero attached hydrogens (tertiary/aromatic N) is 6. The number of carbonyl (C=O) groups is 1. The van der Waals surface area contributed by atoms with E-state index >= 15 is 0 Å². The number of aromatic nitrogens is 6. The van der Waals surface area contributed by atoms with E-state index in [0.29, 0.717) is 46.1 Å². The van der Waals surface area contributed by atoms with Gasteiger partial charge in [0.15, 0.2) is 23.4 Å². The summed E-state index contributed by atoms with van der Waals surface area (Å²) in [7, 11) is 1.95. The third kappa shape index (κ3) is 5.31. The minimum Gasteiger partial charge on any atom is -0.470 e. The Labute approximate surface area is 200 Å². The number of aliphatic hydroxyl groups excluding tert-OH is 1. The molecule has 0 fully saturated rings. The lowest BCUT2D eigenvalue weighted by molar-refractivity contribution is 0.112. The minimum absolute atomic E-state index is 0.164. The Bertz CT molecular complexity index is 1430. The standard InChI is InChI=1S/C20H14N6O4.C4H11N/c27-9-12-5-6-13(21-8-12)11-29-20-16-4-2-1-3-15(16)18-22-23-19(26(18)24-20)17-7-14(10-28)30-25-17;1-4(2)5-3/h1-9,28H,10-11H2;4-5H,1-3H3. The number of pyridine rings is 1. The van der Waals surface area contributed by atoms with Crippen LogP contribution in [0.3, 0.4) is 0 Å². The number of hydrogen-bond acceptors (Lipinski definition) is 10. The first kappa shape index (κ1) is 23.9. The van der Waals surface area contributed by atoms with Gasteiger partial charge >= 0.3 is 0 Å². The third-order valence-corrected chi connectivity index (χ3v) is 5.09. The average Bonchev–Trinajstić information content (AvgIpc) is 3.55. The summed E-state index contributed by atoms with van der Waals surface area (Å²) in [5.74, 6) is 1.03. The predicted octanol–water partition coefficient (Wildman–Crippen LogP) is 2.83. The van der Waals surface area contributed by atoms with E-state index in [9.17, 15) is 9.90 Å². The first-order valence-electron chi connectivity index (χ1n) is 10.9. The van der Waals surface area contributed by atoms with Crippen LogP contribution in [0.2, 0.25) is 0 Å². The lowest BCUT2D eigenvalue weighted by Crippen LogP contribution is -2.15. The van der Waals surface area contributed by atoms with E-state index in [2.05, 4.69) is 44.6 Å². The molecule has 11 nitrogen and oxygen atoms in total. The second-order valence-electron chi connectivity index (χ2n) is 7.88. The Kier molecular flexibility index (Phi) is 7.38. The lowest BCUT2D eigenvalue weighted by atomic mass is 10.2. The van der Waals surface area contributed by atoms with Crippen LogP contribution in [0.25, 0.3) is 27.9 Å². The van der Waals surface area contributed by atoms with Crippen molar-refractivity contribution in [3.05, 3.63) is 65.7 Å². The number of aldehydes is 1. The highest BCUT2D eigenvalue weighted by atomic mass is 16.5. The Morgan fingerprint density at radius 3 is 2.57 bits per heavy atom. The van der Waals surface area contributed by atoms with Gasteiger partial charge in [-0.25, -0.2) is 0 Å². The number of rotatable bonds is 7. The van der Waals surface area contributed by atoms with Crippen LogP contribution in [0.15, 0.2) is 53.2 Å². The molecular weight excluding hydrogens is 450 g/mol. The second kappa shape index (κ2) is 10.8. The van der Waals surface area contributed by atoms with Crippen molar-refractivity contribution in [3.63, 3.8) is 0 Å². The molecule has 0 saturated heterocycles. The number of fused-ring (bicyclic) bond motifs is 3. The van der Waals surface area contributed by atoms with Crippen molar-refractivity contribution in [2.45, 2.75) is 33.1 Å². The number of ether oxygens (including phenoxy) is 1. The lowest BCUT2D eigenvalue weighted by Gasteiger charge is -2.09. The number of carbonyl (C=O) groups excluding carboxylic acids is 1. The van der Waals surface area contributed by atoms with Gasteiger partial charge in [-0.2, -0.15) is 4.52 Å². The maximum atomic E-state index is 10.8. The smallest absolute Gasteiger partial charge is 0.240 e. The van der Waals surface area contributed by atoms with E-state index < -0.39 is 0 Å². The van der Waals surface area contributed by atoms with E-state index in [1.807, 2.05) is 31.3 Å². The largest absolute Gasteiger partial charge is 0.470 e. The fraction of sp³-hybridized carbons (Fsp3) is 0.250. The van der Waals surface area contributed by atoms with E-state index in [-0.39, 0.29) is 13.2 Å². The fourth-order valence-electron chi connectivity index (χ4n) is 3.04. The molecule has 0 aliphatic heterocycles. The molecule has 180 valence electrons. The summed E-state index contributed by atoms with van der Waals surface area (Å²) < 4.78 is 12.5. The SMILES string of the molecule is CNC(C)C.O=Cc1ccc(COc2nn3c(-c4cc(CO)on4)nnc3c3ccccc23)nc1. The van der Waals surface area contributed by atoms with Gasteiger partial charge in [0.1, 0.15) is 13.2 Å². The van der Waals surface area contributed by atoms with Crippen LogP contribution in [-0.2, 0) is 13.2 Å². The molecule has 0 atom stereocenters. The van der Waals surface area contributed by atoms with Crippen LogP contribution >= 0.6 is 0 Å². The third-order valence-electron chi connectivity index (χ3n) is 5.09. The van der Waals surface area contributed by atoms with Gasteiger partial charge < -0.3 is 19.7 Å². The first-order valence-corrected chi connectivity index (χ1v) is 10.9. The second-order valence-corrected chi connectivity index (χ2v) is 7.88. The Morgan fingerprint density at radius 2 is 1.94 bits per heavy atom. The fourth-order valence-corrected chi connectivity index (χ4v) is 3.04. The molecule has 0 aliphatic rings. The number of hydrogen-bond donors (Lipinski definition) is 2. The van der Waals surface area contributed by atoms with Crippen LogP contribution in [0.5, 0.6) is 5.88 Å². The minimum atomic E-state index is -0.273.